The smallest absolute Gasteiger partial charge is 0.286 e. The van der Waals surface area contributed by atoms with Gasteiger partial charge in [0.2, 0.25) is 14.9 Å². The van der Waals surface area contributed by atoms with Crippen LogP contribution in [0.4, 0.5) is 5.69 Å². The Balaban J connectivity index is 2.03. The highest BCUT2D eigenvalue weighted by atomic mass is 35.5. The van der Waals surface area contributed by atoms with E-state index in [2.05, 4.69) is 5.10 Å². The fraction of sp³-hybridized carbons (Fsp3) is 0.385. The lowest BCUT2D eigenvalue weighted by molar-refractivity contribution is -0.127. The van der Waals surface area contributed by atoms with Crippen molar-refractivity contribution in [2.75, 3.05) is 38.4 Å². The summed E-state index contributed by atoms with van der Waals surface area (Å²) in [6.07, 6.45) is 0. The molecule has 1 saturated heterocycles. The summed E-state index contributed by atoms with van der Waals surface area (Å²) in [5.74, 6) is -0.601. The summed E-state index contributed by atoms with van der Waals surface area (Å²) in [4.78, 5) is 14.0. The van der Waals surface area contributed by atoms with Crippen molar-refractivity contribution < 1.29 is 17.9 Å². The number of ether oxygens (including phenoxy) is 1. The highest BCUT2D eigenvalue weighted by molar-refractivity contribution is 8.08. The summed E-state index contributed by atoms with van der Waals surface area (Å²) in [6, 6.07) is 4.38. The zero-order chi connectivity index (χ0) is 15.9. The molecule has 1 amide bonds. The molecule has 0 aromatic heterocycles. The Hall–Kier alpha value is -1.64. The van der Waals surface area contributed by atoms with Gasteiger partial charge in [-0.2, -0.15) is 5.10 Å². The number of morpholine rings is 1. The number of amides is 1. The van der Waals surface area contributed by atoms with Crippen molar-refractivity contribution in [3.8, 4) is 0 Å². The monoisotopic (exact) mass is 343 g/mol. The molecule has 1 fully saturated rings. The van der Waals surface area contributed by atoms with Crippen molar-refractivity contribution in [3.63, 3.8) is 0 Å². The van der Waals surface area contributed by atoms with Gasteiger partial charge in [-0.3, -0.25) is 9.80 Å². The zero-order valence-electron chi connectivity index (χ0n) is 11.8. The molecule has 9 heteroatoms. The van der Waals surface area contributed by atoms with Gasteiger partial charge in [0.25, 0.3) is 5.91 Å². The molecule has 118 valence electrons. The fourth-order valence-corrected chi connectivity index (χ4v) is 4.06. The SMILES string of the molecule is CN1N=C(C(=O)N2CCOCC2)S(=O)(=O)c2ccc(Cl)cc21. The molecular formula is C13H14ClN3O4S. The Morgan fingerprint density at radius 1 is 1.32 bits per heavy atom. The number of hydrazone groups is 1. The number of sulfone groups is 1. The van der Waals surface area contributed by atoms with Crippen LogP contribution in [-0.4, -0.2) is 57.6 Å². The van der Waals surface area contributed by atoms with E-state index in [4.69, 9.17) is 16.3 Å². The molecule has 2 heterocycles. The summed E-state index contributed by atoms with van der Waals surface area (Å²) >= 11 is 5.90. The first-order valence-electron chi connectivity index (χ1n) is 6.65. The molecule has 0 saturated carbocycles. The van der Waals surface area contributed by atoms with Crippen LogP contribution < -0.4 is 5.01 Å². The average molecular weight is 344 g/mol. The van der Waals surface area contributed by atoms with Crippen molar-refractivity contribution >= 4 is 38.1 Å². The maximum absolute atomic E-state index is 12.7. The van der Waals surface area contributed by atoms with E-state index in [-0.39, 0.29) is 4.90 Å². The lowest BCUT2D eigenvalue weighted by Crippen LogP contribution is -2.47. The molecular weight excluding hydrogens is 330 g/mol. The molecule has 2 aliphatic rings. The van der Waals surface area contributed by atoms with Crippen molar-refractivity contribution in [3.05, 3.63) is 23.2 Å². The molecule has 0 unspecified atom stereocenters. The zero-order valence-corrected chi connectivity index (χ0v) is 13.4. The molecule has 0 atom stereocenters. The van der Waals surface area contributed by atoms with Crippen molar-refractivity contribution in [2.24, 2.45) is 5.10 Å². The maximum Gasteiger partial charge on any atom is 0.286 e. The number of nitrogens with zero attached hydrogens (tertiary/aromatic N) is 3. The van der Waals surface area contributed by atoms with Crippen LogP contribution in [0.1, 0.15) is 0 Å². The second-order valence-corrected chi connectivity index (χ2v) is 7.22. The van der Waals surface area contributed by atoms with E-state index in [1.807, 2.05) is 0 Å². The Bertz CT molecular complexity index is 757. The minimum atomic E-state index is -3.96. The highest BCUT2D eigenvalue weighted by Gasteiger charge is 2.38. The normalized spacial score (nSPS) is 20.4. The highest BCUT2D eigenvalue weighted by Crippen LogP contribution is 2.33. The van der Waals surface area contributed by atoms with Gasteiger partial charge in [0.15, 0.2) is 0 Å². The van der Waals surface area contributed by atoms with Crippen LogP contribution in [0, 0.1) is 0 Å². The van der Waals surface area contributed by atoms with Gasteiger partial charge in [0.05, 0.1) is 23.8 Å². The summed E-state index contributed by atoms with van der Waals surface area (Å²) < 4.78 is 30.5. The second-order valence-electron chi connectivity index (χ2n) is 4.95. The van der Waals surface area contributed by atoms with Gasteiger partial charge < -0.3 is 9.64 Å². The Morgan fingerprint density at radius 2 is 2.00 bits per heavy atom. The predicted octanol–water partition coefficient (Wildman–Crippen LogP) is 0.736. The van der Waals surface area contributed by atoms with Gasteiger partial charge >= 0.3 is 0 Å². The van der Waals surface area contributed by atoms with Crippen molar-refractivity contribution in [2.45, 2.75) is 4.90 Å². The topological polar surface area (TPSA) is 79.3 Å². The molecule has 0 radical (unpaired) electrons. The Labute approximate surface area is 133 Å². The summed E-state index contributed by atoms with van der Waals surface area (Å²) in [5, 5.41) is 5.26. The number of benzene rings is 1. The minimum absolute atomic E-state index is 0.0333. The summed E-state index contributed by atoms with van der Waals surface area (Å²) in [5.41, 5.74) is 0.353. The number of hydrogen-bond donors (Lipinski definition) is 0. The van der Waals surface area contributed by atoms with E-state index in [9.17, 15) is 13.2 Å². The molecule has 3 rings (SSSR count). The van der Waals surface area contributed by atoms with Crippen LogP contribution >= 0.6 is 11.6 Å². The van der Waals surface area contributed by atoms with Gasteiger partial charge in [-0.25, -0.2) is 8.42 Å². The summed E-state index contributed by atoms with van der Waals surface area (Å²) in [6.45, 7) is 1.48. The molecule has 0 spiro atoms. The predicted molar refractivity (Wildman–Crippen MR) is 81.9 cm³/mol. The molecule has 0 aliphatic carbocycles. The number of carbonyl (C=O) groups excluding carboxylic acids is 1. The molecule has 2 aliphatic heterocycles. The molecule has 0 bridgehead atoms. The van der Waals surface area contributed by atoms with Crippen LogP contribution in [0.5, 0.6) is 0 Å². The third-order valence-corrected chi connectivity index (χ3v) is 5.46. The third kappa shape index (κ3) is 2.47. The first kappa shape index (κ1) is 15.3. The first-order valence-corrected chi connectivity index (χ1v) is 8.51. The molecule has 22 heavy (non-hydrogen) atoms. The number of halogens is 1. The molecule has 1 aromatic rings. The van der Waals surface area contributed by atoms with Gasteiger partial charge in [0, 0.05) is 25.2 Å². The number of fused-ring (bicyclic) bond motifs is 1. The summed E-state index contributed by atoms with van der Waals surface area (Å²) in [7, 11) is -2.38. The molecule has 7 nitrogen and oxygen atoms in total. The van der Waals surface area contributed by atoms with E-state index >= 15 is 0 Å². The van der Waals surface area contributed by atoms with E-state index in [0.29, 0.717) is 37.0 Å². The lowest BCUT2D eigenvalue weighted by Gasteiger charge is -2.29. The van der Waals surface area contributed by atoms with Gasteiger partial charge in [-0.1, -0.05) is 11.6 Å². The largest absolute Gasteiger partial charge is 0.378 e. The van der Waals surface area contributed by atoms with Crippen molar-refractivity contribution in [1.29, 1.82) is 0 Å². The number of rotatable bonds is 1. The lowest BCUT2D eigenvalue weighted by atomic mass is 10.3. The van der Waals surface area contributed by atoms with Crippen LogP contribution in [0.15, 0.2) is 28.2 Å². The van der Waals surface area contributed by atoms with Gasteiger partial charge in [-0.05, 0) is 18.2 Å². The van der Waals surface area contributed by atoms with E-state index in [1.54, 1.807) is 7.05 Å². The molecule has 0 N–H and O–H groups in total. The Morgan fingerprint density at radius 3 is 2.68 bits per heavy atom. The van der Waals surface area contributed by atoms with Crippen molar-refractivity contribution in [1.82, 2.24) is 4.90 Å². The number of carbonyl (C=O) groups is 1. The van der Waals surface area contributed by atoms with Crippen LogP contribution in [0.3, 0.4) is 0 Å². The second kappa shape index (κ2) is 5.53. The minimum Gasteiger partial charge on any atom is -0.378 e. The number of anilines is 1. The average Bonchev–Trinajstić information content (AvgIpc) is 2.51. The van der Waals surface area contributed by atoms with Crippen LogP contribution in [0.25, 0.3) is 0 Å². The third-order valence-electron chi connectivity index (χ3n) is 3.54. The van der Waals surface area contributed by atoms with Crippen LogP contribution in [-0.2, 0) is 19.4 Å². The quantitative estimate of drug-likeness (QED) is 0.751. The molecule has 1 aromatic carbocycles. The van der Waals surface area contributed by atoms with Crippen LogP contribution in [0.2, 0.25) is 5.02 Å². The first-order chi connectivity index (χ1) is 10.4. The van der Waals surface area contributed by atoms with Gasteiger partial charge in [0.1, 0.15) is 0 Å². The van der Waals surface area contributed by atoms with E-state index in [1.165, 1.54) is 28.1 Å². The van der Waals surface area contributed by atoms with Gasteiger partial charge in [-0.15, -0.1) is 0 Å². The maximum atomic E-state index is 12.7. The van der Waals surface area contributed by atoms with E-state index < -0.39 is 20.8 Å². The standard InChI is InChI=1S/C13H14ClN3O4S/c1-16-10-8-9(14)2-3-11(10)22(19,20)12(15-16)13(18)17-4-6-21-7-5-17/h2-3,8H,4-7H2,1H3. The van der Waals surface area contributed by atoms with E-state index in [0.717, 1.165) is 0 Å². The fourth-order valence-electron chi connectivity index (χ4n) is 2.38. The Kier molecular flexibility index (Phi) is 3.84. The number of hydrogen-bond acceptors (Lipinski definition) is 6.